The Hall–Kier alpha value is -0.160. The molecule has 0 aliphatic carbocycles. The van der Waals surface area contributed by atoms with Crippen molar-refractivity contribution in [3.8, 4) is 0 Å². The largest absolute Gasteiger partial charge is 0.388 e. The van der Waals surface area contributed by atoms with E-state index in [2.05, 4.69) is 15.9 Å². The molecule has 0 rings (SSSR count). The lowest BCUT2D eigenvalue weighted by atomic mass is 10.7. The van der Waals surface area contributed by atoms with Gasteiger partial charge in [-0.3, -0.25) is 10.1 Å². The van der Waals surface area contributed by atoms with Crippen LogP contribution >= 0.6 is 15.9 Å². The van der Waals surface area contributed by atoms with Crippen molar-refractivity contribution in [1.29, 1.82) is 0 Å². The smallest absolute Gasteiger partial charge is 0.288 e. The summed E-state index contributed by atoms with van der Waals surface area (Å²) in [5, 5.41) is 17.5. The molecule has 0 aromatic carbocycles. The predicted molar refractivity (Wildman–Crippen MR) is 26.8 cm³/mol. The first kappa shape index (κ1) is 6.84. The Bertz CT molecular complexity index is 75.3. The van der Waals surface area contributed by atoms with E-state index in [0.717, 1.165) is 0 Å². The number of alkyl halides is 1. The van der Waals surface area contributed by atoms with Crippen LogP contribution in [0.1, 0.15) is 0 Å². The van der Waals surface area contributed by atoms with Crippen LogP contribution in [0.4, 0.5) is 0 Å². The number of hydrogen-bond donors (Lipinski definition) is 1. The first-order chi connectivity index (χ1) is 3.18. The van der Waals surface area contributed by atoms with Gasteiger partial charge in [-0.1, -0.05) is 0 Å². The second kappa shape index (κ2) is 2.92. The predicted octanol–water partition coefficient (Wildman–Crippen LogP) is -0.0236. The van der Waals surface area contributed by atoms with Crippen molar-refractivity contribution >= 4 is 15.9 Å². The molecule has 0 aromatic rings. The molecular weight excluding hydrogens is 166 g/mol. The monoisotopic (exact) mass is 169 g/mol. The van der Waals surface area contributed by atoms with Crippen molar-refractivity contribution in [2.75, 3.05) is 6.61 Å². The van der Waals surface area contributed by atoms with Crippen molar-refractivity contribution < 1.29 is 10.0 Å². The number of halogens is 1. The summed E-state index contributed by atoms with van der Waals surface area (Å²) in [6.45, 7) is -0.465. The third-order valence-corrected chi connectivity index (χ3v) is 1.00. The lowest BCUT2D eigenvalue weighted by molar-refractivity contribution is -0.495. The van der Waals surface area contributed by atoms with Gasteiger partial charge in [-0.2, -0.15) is 0 Å². The fraction of sp³-hybridized carbons (Fsp3) is 1.00. The standard InChI is InChI=1S/C2H4BrNO3/c3-2(1-5)4(6)7/h2,5H,1H2/t2-/m0/s1. The quantitative estimate of drug-likeness (QED) is 0.274. The van der Waals surface area contributed by atoms with Crippen LogP contribution in [-0.4, -0.2) is 21.6 Å². The highest BCUT2D eigenvalue weighted by Crippen LogP contribution is 1.95. The Balaban J connectivity index is 3.34. The maximum atomic E-state index is 9.53. The third kappa shape index (κ3) is 2.52. The van der Waals surface area contributed by atoms with Crippen LogP contribution in [0.15, 0.2) is 0 Å². The van der Waals surface area contributed by atoms with Crippen molar-refractivity contribution in [3.05, 3.63) is 10.1 Å². The van der Waals surface area contributed by atoms with Crippen LogP contribution in [0, 0.1) is 10.1 Å². The van der Waals surface area contributed by atoms with Gasteiger partial charge in [0.25, 0.3) is 4.95 Å². The van der Waals surface area contributed by atoms with Gasteiger partial charge in [0.2, 0.25) is 0 Å². The molecule has 0 amide bonds. The molecule has 0 fully saturated rings. The Morgan fingerprint density at radius 2 is 2.43 bits per heavy atom. The van der Waals surface area contributed by atoms with E-state index in [1.807, 2.05) is 0 Å². The zero-order valence-electron chi connectivity index (χ0n) is 3.37. The maximum absolute atomic E-state index is 9.53. The second-order valence-electron chi connectivity index (χ2n) is 0.902. The minimum atomic E-state index is -1.01. The molecule has 0 unspecified atom stereocenters. The summed E-state index contributed by atoms with van der Waals surface area (Å²) in [6.07, 6.45) is 0. The molecule has 0 radical (unpaired) electrons. The van der Waals surface area contributed by atoms with E-state index in [0.29, 0.717) is 0 Å². The fourth-order valence-electron chi connectivity index (χ4n) is 0.0667. The molecule has 5 heteroatoms. The van der Waals surface area contributed by atoms with E-state index in [9.17, 15) is 10.1 Å². The zero-order chi connectivity index (χ0) is 5.86. The minimum Gasteiger partial charge on any atom is -0.388 e. The number of rotatable bonds is 2. The Labute approximate surface area is 48.4 Å². The number of nitro groups is 1. The molecule has 7 heavy (non-hydrogen) atoms. The molecule has 0 bridgehead atoms. The molecule has 1 N–H and O–H groups in total. The van der Waals surface area contributed by atoms with E-state index in [1.165, 1.54) is 0 Å². The Morgan fingerprint density at radius 1 is 2.00 bits per heavy atom. The second-order valence-corrected chi connectivity index (χ2v) is 1.96. The fourth-order valence-corrected chi connectivity index (χ4v) is 0.0667. The summed E-state index contributed by atoms with van der Waals surface area (Å²) in [5.41, 5.74) is 0. The highest BCUT2D eigenvalue weighted by Gasteiger charge is 2.10. The van der Waals surface area contributed by atoms with E-state index in [1.54, 1.807) is 0 Å². The van der Waals surface area contributed by atoms with Gasteiger partial charge in [0.15, 0.2) is 0 Å². The van der Waals surface area contributed by atoms with E-state index in [-0.39, 0.29) is 0 Å². The van der Waals surface area contributed by atoms with Crippen LogP contribution < -0.4 is 0 Å². The van der Waals surface area contributed by atoms with E-state index in [4.69, 9.17) is 5.11 Å². The lowest BCUT2D eigenvalue weighted by Crippen LogP contribution is -2.14. The molecular formula is C2H4BrNO3. The zero-order valence-corrected chi connectivity index (χ0v) is 4.96. The number of hydrogen-bond acceptors (Lipinski definition) is 3. The van der Waals surface area contributed by atoms with Gasteiger partial charge in [0.05, 0.1) is 0 Å². The topological polar surface area (TPSA) is 63.4 Å². The summed E-state index contributed by atoms with van der Waals surface area (Å²) in [6, 6.07) is 0. The van der Waals surface area contributed by atoms with Crippen molar-refractivity contribution in [2.45, 2.75) is 4.95 Å². The summed E-state index contributed by atoms with van der Waals surface area (Å²) in [4.78, 5) is 7.91. The molecule has 1 atom stereocenters. The molecule has 4 nitrogen and oxygen atoms in total. The van der Waals surface area contributed by atoms with Crippen molar-refractivity contribution in [3.63, 3.8) is 0 Å². The third-order valence-electron chi connectivity index (χ3n) is 0.379. The van der Waals surface area contributed by atoms with Gasteiger partial charge < -0.3 is 5.11 Å². The summed E-state index contributed by atoms with van der Waals surface area (Å²) in [5.74, 6) is 0. The molecule has 0 spiro atoms. The SMILES string of the molecule is O=[N+]([O-])[C@H](Br)CO. The van der Waals surface area contributed by atoms with Gasteiger partial charge in [-0.25, -0.2) is 0 Å². The van der Waals surface area contributed by atoms with Gasteiger partial charge in [0, 0.05) is 4.92 Å². The van der Waals surface area contributed by atoms with Crippen LogP contribution in [0.5, 0.6) is 0 Å². The normalized spacial score (nSPS) is 13.4. The summed E-state index contributed by atoms with van der Waals surface area (Å²) < 4.78 is 0. The van der Waals surface area contributed by atoms with Crippen molar-refractivity contribution in [1.82, 2.24) is 0 Å². The molecule has 0 saturated carbocycles. The highest BCUT2D eigenvalue weighted by molar-refractivity contribution is 9.09. The van der Waals surface area contributed by atoms with Crippen molar-refractivity contribution in [2.24, 2.45) is 0 Å². The summed E-state index contributed by atoms with van der Waals surface area (Å²) in [7, 11) is 0. The molecule has 42 valence electrons. The Morgan fingerprint density at radius 3 is 2.43 bits per heavy atom. The van der Waals surface area contributed by atoms with Crippen LogP contribution in [0.2, 0.25) is 0 Å². The van der Waals surface area contributed by atoms with Gasteiger partial charge in [0.1, 0.15) is 6.61 Å². The average Bonchev–Trinajstić information content (AvgIpc) is 1.65. The first-order valence-electron chi connectivity index (χ1n) is 1.57. The average molecular weight is 170 g/mol. The highest BCUT2D eigenvalue weighted by atomic mass is 79.9. The minimum absolute atomic E-state index is 0.465. The van der Waals surface area contributed by atoms with E-state index < -0.39 is 16.5 Å². The maximum Gasteiger partial charge on any atom is 0.288 e. The first-order valence-corrected chi connectivity index (χ1v) is 2.48. The van der Waals surface area contributed by atoms with Crippen LogP contribution in [-0.2, 0) is 0 Å². The van der Waals surface area contributed by atoms with Crippen LogP contribution in [0.3, 0.4) is 0 Å². The van der Waals surface area contributed by atoms with Gasteiger partial charge in [-0.15, -0.1) is 0 Å². The molecule has 0 aliphatic rings. The van der Waals surface area contributed by atoms with Gasteiger partial charge >= 0.3 is 0 Å². The van der Waals surface area contributed by atoms with E-state index >= 15 is 0 Å². The van der Waals surface area contributed by atoms with Crippen LogP contribution in [0.25, 0.3) is 0 Å². The summed E-state index contributed by atoms with van der Waals surface area (Å²) >= 11 is 2.59. The molecule has 0 aliphatic heterocycles. The molecule has 0 saturated heterocycles. The lowest BCUT2D eigenvalue weighted by Gasteiger charge is -1.91. The molecule has 0 heterocycles. The van der Waals surface area contributed by atoms with Gasteiger partial charge in [-0.05, 0) is 15.9 Å². The number of aliphatic hydroxyl groups is 1. The number of aliphatic hydroxyl groups excluding tert-OH is 1. The Kier molecular flexibility index (Phi) is 2.86. The number of nitrogens with zero attached hydrogens (tertiary/aromatic N) is 1. The molecule has 0 aromatic heterocycles.